The summed E-state index contributed by atoms with van der Waals surface area (Å²) in [6, 6.07) is -0.417. The van der Waals surface area contributed by atoms with Crippen LogP contribution in [0.1, 0.15) is 6.42 Å². The first-order chi connectivity index (χ1) is 6.61. The van der Waals surface area contributed by atoms with Crippen molar-refractivity contribution in [2.45, 2.75) is 37.2 Å². The van der Waals surface area contributed by atoms with Gasteiger partial charge in [-0.2, -0.15) is 0 Å². The van der Waals surface area contributed by atoms with Gasteiger partial charge >= 0.3 is 0 Å². The van der Waals surface area contributed by atoms with Crippen LogP contribution in [0.5, 0.6) is 0 Å². The highest BCUT2D eigenvalue weighted by molar-refractivity contribution is 4.99. The number of fused-ring (bicyclic) bond motifs is 1. The van der Waals surface area contributed by atoms with E-state index in [-0.39, 0.29) is 13.2 Å². The summed E-state index contributed by atoms with van der Waals surface area (Å²) in [6.07, 6.45) is -5.48. The zero-order chi connectivity index (χ0) is 10.3. The molecule has 0 bridgehead atoms. The number of ether oxygens (including phenoxy) is 1. The monoisotopic (exact) mass is 209 g/mol. The van der Waals surface area contributed by atoms with E-state index in [2.05, 4.69) is 5.32 Å². The molecule has 1 saturated heterocycles. The number of rotatable bonds is 1. The van der Waals surface area contributed by atoms with Gasteiger partial charge < -0.3 is 14.9 Å². The minimum absolute atomic E-state index is 0.0908. The molecule has 5 atom stereocenters. The summed E-state index contributed by atoms with van der Waals surface area (Å²) >= 11 is 0. The average Bonchev–Trinajstić information content (AvgIpc) is 2.58. The number of hydrogen-bond acceptors (Lipinski definition) is 4. The van der Waals surface area contributed by atoms with Gasteiger partial charge in [-0.05, 0) is 6.42 Å². The Morgan fingerprint density at radius 1 is 1.29 bits per heavy atom. The van der Waals surface area contributed by atoms with Crippen molar-refractivity contribution in [2.75, 3.05) is 6.73 Å². The second-order valence-corrected chi connectivity index (χ2v) is 3.79. The molecule has 82 valence electrons. The Labute approximate surface area is 79.9 Å². The van der Waals surface area contributed by atoms with E-state index < -0.39 is 36.7 Å². The zero-order valence-corrected chi connectivity index (χ0v) is 7.44. The number of aliphatic hydroxyl groups is 2. The largest absolute Gasteiger partial charge is 0.390 e. The summed E-state index contributed by atoms with van der Waals surface area (Å²) < 4.78 is 30.0. The van der Waals surface area contributed by atoms with Crippen molar-refractivity contribution in [1.29, 1.82) is 0 Å². The minimum Gasteiger partial charge on any atom is -0.390 e. The third kappa shape index (κ3) is 1.52. The molecular weight excluding hydrogens is 196 g/mol. The van der Waals surface area contributed by atoms with Crippen LogP contribution in [0, 0.1) is 5.92 Å². The summed E-state index contributed by atoms with van der Waals surface area (Å²) in [7, 11) is 0. The molecule has 0 aromatic carbocycles. The van der Waals surface area contributed by atoms with Crippen molar-refractivity contribution in [2.24, 2.45) is 5.92 Å². The van der Waals surface area contributed by atoms with Crippen LogP contribution in [-0.2, 0) is 4.74 Å². The van der Waals surface area contributed by atoms with Gasteiger partial charge in [0.05, 0.1) is 37.0 Å². The summed E-state index contributed by atoms with van der Waals surface area (Å²) in [5.41, 5.74) is 0. The van der Waals surface area contributed by atoms with Crippen molar-refractivity contribution in [3.05, 3.63) is 0 Å². The highest BCUT2D eigenvalue weighted by Gasteiger charge is 2.49. The fourth-order valence-electron chi connectivity index (χ4n) is 2.17. The Bertz CT molecular complexity index is 215. The number of nitrogens with one attached hydrogen (secondary N) is 1. The van der Waals surface area contributed by atoms with Crippen LogP contribution < -0.4 is 5.32 Å². The Morgan fingerprint density at radius 2 is 2.00 bits per heavy atom. The van der Waals surface area contributed by atoms with Crippen molar-refractivity contribution in [1.82, 2.24) is 5.32 Å². The predicted octanol–water partition coefficient (Wildman–Crippen LogP) is -0.692. The van der Waals surface area contributed by atoms with Crippen LogP contribution in [0.25, 0.3) is 0 Å². The van der Waals surface area contributed by atoms with Gasteiger partial charge in [0.2, 0.25) is 6.43 Å². The molecule has 1 aliphatic heterocycles. The second-order valence-electron chi connectivity index (χ2n) is 3.79. The van der Waals surface area contributed by atoms with E-state index >= 15 is 0 Å². The van der Waals surface area contributed by atoms with E-state index in [4.69, 9.17) is 4.74 Å². The minimum atomic E-state index is -2.62. The Hall–Kier alpha value is -0.300. The van der Waals surface area contributed by atoms with Crippen LogP contribution >= 0.6 is 0 Å². The molecule has 4 nitrogen and oxygen atoms in total. The Kier molecular flexibility index (Phi) is 2.70. The maximum Gasteiger partial charge on any atom is 0.244 e. The molecule has 1 heterocycles. The van der Waals surface area contributed by atoms with Crippen LogP contribution in [0.2, 0.25) is 0 Å². The van der Waals surface area contributed by atoms with E-state index in [9.17, 15) is 19.0 Å². The van der Waals surface area contributed by atoms with Crippen molar-refractivity contribution in [3.63, 3.8) is 0 Å². The van der Waals surface area contributed by atoms with Gasteiger partial charge in [-0.1, -0.05) is 0 Å². The Balaban J connectivity index is 2.11. The molecule has 2 fully saturated rings. The van der Waals surface area contributed by atoms with Crippen LogP contribution in [-0.4, -0.2) is 47.7 Å². The number of hydrogen-bond donors (Lipinski definition) is 3. The topological polar surface area (TPSA) is 61.7 Å². The van der Waals surface area contributed by atoms with Crippen molar-refractivity contribution >= 4 is 0 Å². The molecule has 1 aliphatic carbocycles. The SMILES string of the molecule is O[C@H]1[C@H](O)[C@@H](C(F)F)C[C@@H]2OCN[C@H]12. The normalized spacial score (nSPS) is 48.2. The summed E-state index contributed by atoms with van der Waals surface area (Å²) in [5, 5.41) is 21.8. The smallest absolute Gasteiger partial charge is 0.244 e. The zero-order valence-electron chi connectivity index (χ0n) is 7.44. The molecule has 0 aromatic heterocycles. The molecule has 0 amide bonds. The van der Waals surface area contributed by atoms with Crippen molar-refractivity contribution < 1.29 is 23.7 Å². The first-order valence-corrected chi connectivity index (χ1v) is 4.60. The fraction of sp³-hybridized carbons (Fsp3) is 1.00. The highest BCUT2D eigenvalue weighted by Crippen LogP contribution is 2.33. The first kappa shape index (κ1) is 10.2. The molecular formula is C8H13F2NO3. The molecule has 0 spiro atoms. The molecule has 2 rings (SSSR count). The van der Waals surface area contributed by atoms with Gasteiger partial charge in [-0.25, -0.2) is 8.78 Å². The quantitative estimate of drug-likeness (QED) is 0.535. The molecule has 3 N–H and O–H groups in total. The van der Waals surface area contributed by atoms with Gasteiger partial charge in [0.15, 0.2) is 0 Å². The third-order valence-corrected chi connectivity index (χ3v) is 3.00. The highest BCUT2D eigenvalue weighted by atomic mass is 19.3. The molecule has 0 radical (unpaired) electrons. The van der Waals surface area contributed by atoms with E-state index in [1.807, 2.05) is 0 Å². The van der Waals surface area contributed by atoms with Gasteiger partial charge in [-0.3, -0.25) is 5.32 Å². The van der Waals surface area contributed by atoms with E-state index in [0.29, 0.717) is 0 Å². The van der Waals surface area contributed by atoms with Gasteiger partial charge in [0, 0.05) is 0 Å². The lowest BCUT2D eigenvalue weighted by Gasteiger charge is -2.38. The standard InChI is InChI=1S/C8H13F2NO3/c9-8(10)3-1-4-5(11-2-14-4)7(13)6(3)12/h3-8,11-13H,1-2H2/t3-,4-,5-,6+,7+/m0/s1. The van der Waals surface area contributed by atoms with Gasteiger partial charge in [-0.15, -0.1) is 0 Å². The number of halogens is 2. The fourth-order valence-corrected chi connectivity index (χ4v) is 2.17. The van der Waals surface area contributed by atoms with Crippen LogP contribution in [0.3, 0.4) is 0 Å². The van der Waals surface area contributed by atoms with Gasteiger partial charge in [0.1, 0.15) is 0 Å². The maximum absolute atomic E-state index is 12.5. The lowest BCUT2D eigenvalue weighted by atomic mass is 9.80. The average molecular weight is 209 g/mol. The lowest BCUT2D eigenvalue weighted by Crippen LogP contribution is -2.57. The van der Waals surface area contributed by atoms with Crippen molar-refractivity contribution in [3.8, 4) is 0 Å². The summed E-state index contributed by atoms with van der Waals surface area (Å²) in [5.74, 6) is -1.19. The summed E-state index contributed by atoms with van der Waals surface area (Å²) in [4.78, 5) is 0. The summed E-state index contributed by atoms with van der Waals surface area (Å²) in [6.45, 7) is 0.245. The molecule has 6 heteroatoms. The maximum atomic E-state index is 12.5. The van der Waals surface area contributed by atoms with Crippen LogP contribution in [0.4, 0.5) is 8.78 Å². The third-order valence-electron chi connectivity index (χ3n) is 3.00. The lowest BCUT2D eigenvalue weighted by molar-refractivity contribution is -0.126. The molecule has 14 heavy (non-hydrogen) atoms. The number of alkyl halides is 2. The first-order valence-electron chi connectivity index (χ1n) is 4.60. The van der Waals surface area contributed by atoms with Crippen LogP contribution in [0.15, 0.2) is 0 Å². The molecule has 2 aliphatic rings. The molecule has 0 aromatic rings. The molecule has 0 unspecified atom stereocenters. The number of aliphatic hydroxyl groups excluding tert-OH is 2. The van der Waals surface area contributed by atoms with E-state index in [1.54, 1.807) is 0 Å². The predicted molar refractivity (Wildman–Crippen MR) is 42.8 cm³/mol. The van der Waals surface area contributed by atoms with E-state index in [1.165, 1.54) is 0 Å². The van der Waals surface area contributed by atoms with Gasteiger partial charge in [0.25, 0.3) is 0 Å². The Morgan fingerprint density at radius 3 is 2.64 bits per heavy atom. The second kappa shape index (κ2) is 3.69. The van der Waals surface area contributed by atoms with E-state index in [0.717, 1.165) is 0 Å². The molecule has 1 saturated carbocycles.